The van der Waals surface area contributed by atoms with Crippen LogP contribution in [0.1, 0.15) is 114 Å². The first-order valence-corrected chi connectivity index (χ1v) is 24.7. The number of imidazole rings is 2. The van der Waals surface area contributed by atoms with Crippen molar-refractivity contribution in [2.75, 3.05) is 27.3 Å². The van der Waals surface area contributed by atoms with E-state index in [9.17, 15) is 19.2 Å². The van der Waals surface area contributed by atoms with Crippen molar-refractivity contribution < 1.29 is 28.7 Å². The van der Waals surface area contributed by atoms with Crippen LogP contribution in [0.3, 0.4) is 0 Å². The number of nitrogens with zero attached hydrogens (tertiary/aromatic N) is 5. The summed E-state index contributed by atoms with van der Waals surface area (Å²) in [4.78, 5) is 78.3. The fraction of sp³-hybridized carbons (Fsp3) is 0.463. The molecule has 0 bridgehead atoms. The normalized spacial score (nSPS) is 19.5. The smallest absolute Gasteiger partial charge is 0.407 e. The number of carbonyl (C=O) groups excluding carboxylic acids is 4. The molecule has 4 amide bonds. The lowest BCUT2D eigenvalue weighted by atomic mass is 9.82. The molecule has 3 aromatic heterocycles. The van der Waals surface area contributed by atoms with Crippen LogP contribution in [-0.4, -0.2) is 98.1 Å². The van der Waals surface area contributed by atoms with Crippen LogP contribution in [0, 0.1) is 17.3 Å². The summed E-state index contributed by atoms with van der Waals surface area (Å²) < 4.78 is 9.67. The summed E-state index contributed by atoms with van der Waals surface area (Å²) in [6.07, 6.45) is 12.8. The number of nitrogens with one attached hydrogen (secondary N) is 4. The second-order valence-corrected chi connectivity index (χ2v) is 20.4. The van der Waals surface area contributed by atoms with Gasteiger partial charge in [0.05, 0.1) is 54.9 Å². The number of methoxy groups -OCH3 is 2. The summed E-state index contributed by atoms with van der Waals surface area (Å²) in [6, 6.07) is 17.4. The Morgan fingerprint density at radius 1 is 0.681 bits per heavy atom. The minimum atomic E-state index is -0.707. The molecular weight excluding hydrogens is 871 g/mol. The molecule has 4 N–H and O–H groups in total. The fourth-order valence-electron chi connectivity index (χ4n) is 11.9. The van der Waals surface area contributed by atoms with E-state index in [4.69, 9.17) is 24.4 Å². The molecule has 15 nitrogen and oxygen atoms in total. The average molecular weight is 934 g/mol. The number of alkyl carbamates (subject to hydrolysis) is 2. The summed E-state index contributed by atoms with van der Waals surface area (Å²) in [7, 11) is 2.61. The number of amides is 4. The number of fused-ring (bicyclic) bond motifs is 3. The zero-order valence-corrected chi connectivity index (χ0v) is 40.5. The van der Waals surface area contributed by atoms with Crippen molar-refractivity contribution in [1.82, 2.24) is 45.4 Å². The summed E-state index contributed by atoms with van der Waals surface area (Å²) in [5.74, 6) is 0.970. The van der Waals surface area contributed by atoms with Gasteiger partial charge in [0.1, 0.15) is 23.7 Å². The third-order valence-electron chi connectivity index (χ3n) is 15.4. The second-order valence-electron chi connectivity index (χ2n) is 20.4. The first-order valence-electron chi connectivity index (χ1n) is 24.7. The van der Waals surface area contributed by atoms with Gasteiger partial charge >= 0.3 is 12.2 Å². The lowest BCUT2D eigenvalue weighted by Crippen LogP contribution is -2.51. The van der Waals surface area contributed by atoms with Crippen molar-refractivity contribution in [3.8, 4) is 33.6 Å². The van der Waals surface area contributed by atoms with Gasteiger partial charge in [-0.1, -0.05) is 83.0 Å². The topological polar surface area (TPSA) is 188 Å². The first-order chi connectivity index (χ1) is 33.4. The van der Waals surface area contributed by atoms with Gasteiger partial charge in [0.2, 0.25) is 11.8 Å². The van der Waals surface area contributed by atoms with Gasteiger partial charge < -0.3 is 39.9 Å². The number of aromatic nitrogens is 5. The lowest BCUT2D eigenvalue weighted by molar-refractivity contribution is -0.136. The van der Waals surface area contributed by atoms with Gasteiger partial charge in [-0.15, -0.1) is 0 Å². The van der Waals surface area contributed by atoms with E-state index in [0.717, 1.165) is 106 Å². The third kappa shape index (κ3) is 8.47. The maximum absolute atomic E-state index is 13.9. The van der Waals surface area contributed by atoms with Crippen molar-refractivity contribution >= 4 is 45.8 Å². The van der Waals surface area contributed by atoms with E-state index in [1.165, 1.54) is 51.0 Å². The Morgan fingerprint density at radius 3 is 1.90 bits per heavy atom. The molecule has 3 fully saturated rings. The molecule has 15 heteroatoms. The number of aromatic amines is 2. The molecule has 69 heavy (non-hydrogen) atoms. The minimum absolute atomic E-state index is 0.117. The molecule has 4 aliphatic rings. The van der Waals surface area contributed by atoms with Gasteiger partial charge in [-0.2, -0.15) is 0 Å². The van der Waals surface area contributed by atoms with Crippen LogP contribution in [-0.2, 0) is 31.9 Å². The molecule has 1 unspecified atom stereocenters. The monoisotopic (exact) mass is 933 g/mol. The summed E-state index contributed by atoms with van der Waals surface area (Å²) in [5.41, 5.74) is 10.9. The zero-order chi connectivity index (χ0) is 48.1. The highest BCUT2D eigenvalue weighted by Crippen LogP contribution is 2.53. The number of rotatable bonds is 11. The van der Waals surface area contributed by atoms with Gasteiger partial charge in [0, 0.05) is 36.0 Å². The maximum Gasteiger partial charge on any atom is 0.407 e. The van der Waals surface area contributed by atoms with Crippen LogP contribution in [0.2, 0.25) is 0 Å². The van der Waals surface area contributed by atoms with Crippen LogP contribution in [0.5, 0.6) is 0 Å². The number of ether oxygens (including phenoxy) is 2. The number of pyridine rings is 1. The zero-order valence-electron chi connectivity index (χ0n) is 40.5. The molecule has 1 saturated carbocycles. The minimum Gasteiger partial charge on any atom is -0.453 e. The fourth-order valence-corrected chi connectivity index (χ4v) is 11.9. The van der Waals surface area contributed by atoms with Crippen LogP contribution in [0.25, 0.3) is 55.4 Å². The molecule has 2 aliphatic heterocycles. The molecule has 4 atom stereocenters. The van der Waals surface area contributed by atoms with Gasteiger partial charge in [0.25, 0.3) is 0 Å². The van der Waals surface area contributed by atoms with Crippen LogP contribution in [0.4, 0.5) is 9.59 Å². The quantitative estimate of drug-likeness (QED) is 0.0981. The van der Waals surface area contributed by atoms with Crippen molar-refractivity contribution in [3.05, 3.63) is 89.8 Å². The van der Waals surface area contributed by atoms with E-state index < -0.39 is 24.3 Å². The second kappa shape index (κ2) is 18.6. The Kier molecular flexibility index (Phi) is 12.4. The molecule has 10 rings (SSSR count). The van der Waals surface area contributed by atoms with Crippen LogP contribution in [0.15, 0.2) is 67.0 Å². The lowest BCUT2D eigenvalue weighted by Gasteiger charge is -2.30. The Hall–Kier alpha value is -6.77. The molecule has 3 aromatic carbocycles. The van der Waals surface area contributed by atoms with E-state index in [0.29, 0.717) is 13.1 Å². The van der Waals surface area contributed by atoms with Gasteiger partial charge in [-0.05, 0) is 108 Å². The number of H-pyrrole nitrogens is 2. The highest BCUT2D eigenvalue weighted by molar-refractivity contribution is 6.04. The Bertz CT molecular complexity index is 2950. The van der Waals surface area contributed by atoms with Crippen LogP contribution >= 0.6 is 0 Å². The Balaban J connectivity index is 0.964. The van der Waals surface area contributed by atoms with Crippen LogP contribution < -0.4 is 10.6 Å². The molecule has 0 radical (unpaired) electrons. The molecule has 2 aliphatic carbocycles. The van der Waals surface area contributed by atoms with Gasteiger partial charge in [-0.3, -0.25) is 14.6 Å². The summed E-state index contributed by atoms with van der Waals surface area (Å²) in [6.45, 7) is 8.85. The predicted octanol–water partition coefficient (Wildman–Crippen LogP) is 9.58. The maximum atomic E-state index is 13.9. The number of benzene rings is 3. The van der Waals surface area contributed by atoms with E-state index in [1.54, 1.807) is 0 Å². The average Bonchev–Trinajstić information content (AvgIpc) is 4.23. The summed E-state index contributed by atoms with van der Waals surface area (Å²) in [5, 5.41) is 7.69. The SMILES string of the molecule is COC(=O)N[C@H](C(=O)N1CCCC1c1ncc(-c2ccc(-c3ncc(-c4ccc5nc([C@@H]6CCCN6C(=O)[C@@H](NC(=O)OC)C(C)C)[nH]c5c4)c4c3CC3(CCCC3)C4)c3ccccc23)[nH]1)C(C)C. The number of hydrogen-bond donors (Lipinski definition) is 4. The number of likely N-dealkylation sites (tertiary alicyclic amines) is 2. The Morgan fingerprint density at radius 2 is 1.28 bits per heavy atom. The summed E-state index contributed by atoms with van der Waals surface area (Å²) >= 11 is 0. The van der Waals surface area contributed by atoms with Crippen molar-refractivity contribution in [2.24, 2.45) is 17.3 Å². The molecule has 1 spiro atoms. The first kappa shape index (κ1) is 46.0. The van der Waals surface area contributed by atoms with Crippen molar-refractivity contribution in [3.63, 3.8) is 0 Å². The largest absolute Gasteiger partial charge is 0.453 e. The standard InChI is InChI=1S/C54H63N9O6/c1-30(2)45(60-52(66)68-5)50(64)62-23-11-15-43(62)48-56-29-42(59-48)35-18-19-36(34-14-8-7-13-33(34)35)47-38-27-54(21-9-10-22-54)26-37(38)39(28-55-47)32-17-20-40-41(25-32)58-49(57-40)44-16-12-24-63(44)51(65)46(31(3)4)61-53(67)69-6/h7-8,13-14,17-20,25,28-31,43-46H,9-12,15-16,21-24,26-27H2,1-6H3,(H,56,59)(H,57,58)(H,60,66)(H,61,67)/t43?,44-,45-,46-/m0/s1. The van der Waals surface area contributed by atoms with E-state index >= 15 is 0 Å². The van der Waals surface area contributed by atoms with Gasteiger partial charge in [-0.25, -0.2) is 19.6 Å². The van der Waals surface area contributed by atoms with Crippen molar-refractivity contribution in [1.29, 1.82) is 0 Å². The highest BCUT2D eigenvalue weighted by atomic mass is 16.5. The van der Waals surface area contributed by atoms with E-state index in [1.807, 2.05) is 43.7 Å². The highest BCUT2D eigenvalue weighted by Gasteiger charge is 2.43. The molecule has 6 aromatic rings. The van der Waals surface area contributed by atoms with Gasteiger partial charge in [0.15, 0.2) is 0 Å². The van der Waals surface area contributed by atoms with Crippen molar-refractivity contribution in [2.45, 2.75) is 116 Å². The van der Waals surface area contributed by atoms with E-state index in [2.05, 4.69) is 81.4 Å². The van der Waals surface area contributed by atoms with E-state index in [-0.39, 0.29) is 41.1 Å². The number of hydrogen-bond acceptors (Lipinski definition) is 9. The number of carbonyl (C=O) groups is 4. The Labute approximate surface area is 402 Å². The third-order valence-corrected chi connectivity index (χ3v) is 15.4. The molecule has 5 heterocycles. The molecular formula is C54H63N9O6. The molecule has 360 valence electrons. The predicted molar refractivity (Wildman–Crippen MR) is 264 cm³/mol. The molecule has 2 saturated heterocycles.